The first-order valence-electron chi connectivity index (χ1n) is 4.71. The third-order valence-electron chi connectivity index (χ3n) is 2.03. The lowest BCUT2D eigenvalue weighted by molar-refractivity contribution is 0.289. The lowest BCUT2D eigenvalue weighted by Crippen LogP contribution is -2.01. The van der Waals surface area contributed by atoms with E-state index in [1.807, 2.05) is 13.8 Å². The van der Waals surface area contributed by atoms with Crippen LogP contribution in [0.1, 0.15) is 24.7 Å². The summed E-state index contributed by atoms with van der Waals surface area (Å²) in [6.07, 6.45) is 2.58. The van der Waals surface area contributed by atoms with Gasteiger partial charge in [-0.05, 0) is 20.3 Å². The number of rotatable bonds is 4. The Morgan fingerprint density at radius 1 is 1.43 bits per heavy atom. The Bertz CT molecular complexity index is 304. The second kappa shape index (κ2) is 5.32. The maximum absolute atomic E-state index is 8.76. The quantitative estimate of drug-likeness (QED) is 0.775. The molecule has 1 heterocycles. The number of hydrogen-bond donors (Lipinski definition) is 1. The first kappa shape index (κ1) is 11.5. The van der Waals surface area contributed by atoms with Crippen molar-refractivity contribution in [3.8, 4) is 0 Å². The Kier molecular flexibility index (Phi) is 4.35. The van der Waals surface area contributed by atoms with Gasteiger partial charge in [-0.3, -0.25) is 4.98 Å². The van der Waals surface area contributed by atoms with Crippen LogP contribution in [0, 0.1) is 13.8 Å². The van der Waals surface area contributed by atoms with Crippen LogP contribution in [0.2, 0.25) is 0 Å². The first-order valence-corrected chi connectivity index (χ1v) is 5.59. The largest absolute Gasteiger partial charge is 0.396 e. The van der Waals surface area contributed by atoms with Crippen LogP contribution in [0.15, 0.2) is 11.2 Å². The zero-order valence-corrected chi connectivity index (χ0v) is 9.64. The second-order valence-corrected chi connectivity index (χ2v) is 4.78. The molecule has 3 nitrogen and oxygen atoms in total. The van der Waals surface area contributed by atoms with Crippen LogP contribution in [-0.4, -0.2) is 26.9 Å². The Balaban J connectivity index is 2.63. The van der Waals surface area contributed by atoms with Crippen LogP contribution in [0.4, 0.5) is 0 Å². The second-order valence-electron chi connectivity index (χ2n) is 3.32. The van der Waals surface area contributed by atoms with Crippen molar-refractivity contribution < 1.29 is 5.11 Å². The van der Waals surface area contributed by atoms with Gasteiger partial charge in [0.05, 0.1) is 17.6 Å². The highest BCUT2D eigenvalue weighted by Gasteiger charge is 2.06. The molecule has 1 unspecified atom stereocenters. The van der Waals surface area contributed by atoms with Crippen LogP contribution in [-0.2, 0) is 0 Å². The predicted molar refractivity (Wildman–Crippen MR) is 58.5 cm³/mol. The first-order chi connectivity index (χ1) is 6.63. The van der Waals surface area contributed by atoms with E-state index in [1.54, 1.807) is 18.0 Å². The third-order valence-corrected chi connectivity index (χ3v) is 3.10. The summed E-state index contributed by atoms with van der Waals surface area (Å²) in [5, 5.41) is 10.1. The van der Waals surface area contributed by atoms with E-state index in [-0.39, 0.29) is 6.61 Å². The molecule has 78 valence electrons. The van der Waals surface area contributed by atoms with Gasteiger partial charge in [-0.1, -0.05) is 6.92 Å². The van der Waals surface area contributed by atoms with E-state index in [0.29, 0.717) is 5.25 Å². The standard InChI is InChI=1S/C10H16N2OS/c1-7(4-5-13)14-10-6-11-8(2)9(3)12-10/h6-7,13H,4-5H2,1-3H3. The SMILES string of the molecule is Cc1ncc(SC(C)CCO)nc1C. The molecule has 0 aliphatic carbocycles. The maximum Gasteiger partial charge on any atom is 0.115 e. The highest BCUT2D eigenvalue weighted by atomic mass is 32.2. The van der Waals surface area contributed by atoms with E-state index in [4.69, 9.17) is 5.11 Å². The summed E-state index contributed by atoms with van der Waals surface area (Å²) in [6.45, 7) is 6.22. The van der Waals surface area contributed by atoms with Crippen molar-refractivity contribution in [2.75, 3.05) is 6.61 Å². The Labute approximate surface area is 89.0 Å². The van der Waals surface area contributed by atoms with Crippen LogP contribution >= 0.6 is 11.8 Å². The van der Waals surface area contributed by atoms with Gasteiger partial charge in [-0.15, -0.1) is 11.8 Å². The predicted octanol–water partition coefficient (Wildman–Crippen LogP) is 1.96. The van der Waals surface area contributed by atoms with Gasteiger partial charge in [0, 0.05) is 11.9 Å². The van der Waals surface area contributed by atoms with Gasteiger partial charge in [0.2, 0.25) is 0 Å². The third kappa shape index (κ3) is 3.27. The van der Waals surface area contributed by atoms with E-state index < -0.39 is 0 Å². The number of hydrogen-bond acceptors (Lipinski definition) is 4. The fourth-order valence-corrected chi connectivity index (χ4v) is 1.96. The molecule has 0 spiro atoms. The van der Waals surface area contributed by atoms with Gasteiger partial charge in [0.15, 0.2) is 0 Å². The smallest absolute Gasteiger partial charge is 0.115 e. The van der Waals surface area contributed by atoms with E-state index in [9.17, 15) is 0 Å². The molecule has 0 saturated carbocycles. The molecule has 1 aromatic rings. The van der Waals surface area contributed by atoms with Crippen molar-refractivity contribution in [1.29, 1.82) is 0 Å². The molecule has 14 heavy (non-hydrogen) atoms. The molecule has 0 aliphatic rings. The molecule has 1 N–H and O–H groups in total. The van der Waals surface area contributed by atoms with Crippen molar-refractivity contribution in [3.05, 3.63) is 17.6 Å². The Morgan fingerprint density at radius 2 is 2.14 bits per heavy atom. The Hall–Kier alpha value is -0.610. The maximum atomic E-state index is 8.76. The normalized spacial score (nSPS) is 12.9. The number of aryl methyl sites for hydroxylation is 2. The molecule has 4 heteroatoms. The summed E-state index contributed by atoms with van der Waals surface area (Å²) in [5.41, 5.74) is 1.95. The summed E-state index contributed by atoms with van der Waals surface area (Å²) in [4.78, 5) is 8.66. The molecular weight excluding hydrogens is 196 g/mol. The average Bonchev–Trinajstić information content (AvgIpc) is 2.12. The van der Waals surface area contributed by atoms with Gasteiger partial charge in [-0.2, -0.15) is 0 Å². The number of aliphatic hydroxyl groups is 1. The number of thioether (sulfide) groups is 1. The fourth-order valence-electron chi connectivity index (χ4n) is 1.02. The van der Waals surface area contributed by atoms with Crippen LogP contribution in [0.3, 0.4) is 0 Å². The summed E-state index contributed by atoms with van der Waals surface area (Å²) in [6, 6.07) is 0. The topological polar surface area (TPSA) is 46.0 Å². The molecule has 0 aromatic carbocycles. The number of aromatic nitrogens is 2. The number of nitrogens with zero attached hydrogens (tertiary/aromatic N) is 2. The minimum absolute atomic E-state index is 0.229. The summed E-state index contributed by atoms with van der Waals surface area (Å²) >= 11 is 1.66. The van der Waals surface area contributed by atoms with E-state index >= 15 is 0 Å². The highest BCUT2D eigenvalue weighted by molar-refractivity contribution is 7.99. The molecule has 0 bridgehead atoms. The minimum atomic E-state index is 0.229. The Morgan fingerprint density at radius 3 is 2.71 bits per heavy atom. The van der Waals surface area contributed by atoms with Gasteiger partial charge in [-0.25, -0.2) is 4.98 Å². The van der Waals surface area contributed by atoms with E-state index in [0.717, 1.165) is 22.8 Å². The minimum Gasteiger partial charge on any atom is -0.396 e. The monoisotopic (exact) mass is 212 g/mol. The summed E-state index contributed by atoms with van der Waals surface area (Å²) in [7, 11) is 0. The molecule has 0 amide bonds. The van der Waals surface area contributed by atoms with Gasteiger partial charge in [0.1, 0.15) is 5.03 Å². The lowest BCUT2D eigenvalue weighted by atomic mass is 10.3. The highest BCUT2D eigenvalue weighted by Crippen LogP contribution is 2.22. The van der Waals surface area contributed by atoms with Crippen molar-refractivity contribution in [2.24, 2.45) is 0 Å². The van der Waals surface area contributed by atoms with Crippen LogP contribution in [0.5, 0.6) is 0 Å². The van der Waals surface area contributed by atoms with Gasteiger partial charge in [0.25, 0.3) is 0 Å². The molecule has 0 aliphatic heterocycles. The zero-order valence-electron chi connectivity index (χ0n) is 8.82. The molecular formula is C10H16N2OS. The molecule has 0 saturated heterocycles. The van der Waals surface area contributed by atoms with Gasteiger partial charge >= 0.3 is 0 Å². The van der Waals surface area contributed by atoms with Gasteiger partial charge < -0.3 is 5.11 Å². The van der Waals surface area contributed by atoms with Crippen LogP contribution in [0.25, 0.3) is 0 Å². The molecule has 1 atom stereocenters. The van der Waals surface area contributed by atoms with Crippen molar-refractivity contribution in [3.63, 3.8) is 0 Å². The van der Waals surface area contributed by atoms with Crippen molar-refractivity contribution in [1.82, 2.24) is 9.97 Å². The molecule has 1 rings (SSSR count). The van der Waals surface area contributed by atoms with E-state index in [2.05, 4.69) is 16.9 Å². The molecule has 0 radical (unpaired) electrons. The van der Waals surface area contributed by atoms with Crippen molar-refractivity contribution >= 4 is 11.8 Å². The summed E-state index contributed by atoms with van der Waals surface area (Å²) in [5.74, 6) is 0. The fraction of sp³-hybridized carbons (Fsp3) is 0.600. The average molecular weight is 212 g/mol. The van der Waals surface area contributed by atoms with Crippen LogP contribution < -0.4 is 0 Å². The lowest BCUT2D eigenvalue weighted by Gasteiger charge is -2.08. The summed E-state index contributed by atoms with van der Waals surface area (Å²) < 4.78 is 0. The molecule has 0 fully saturated rings. The number of aliphatic hydroxyl groups excluding tert-OH is 1. The van der Waals surface area contributed by atoms with Crippen molar-refractivity contribution in [2.45, 2.75) is 37.5 Å². The van der Waals surface area contributed by atoms with E-state index in [1.165, 1.54) is 0 Å². The molecule has 1 aromatic heterocycles. The zero-order chi connectivity index (χ0) is 10.6.